The van der Waals surface area contributed by atoms with Crippen molar-refractivity contribution >= 4 is 17.5 Å². The van der Waals surface area contributed by atoms with E-state index >= 15 is 0 Å². The van der Waals surface area contributed by atoms with E-state index in [1.165, 1.54) is 24.4 Å². The second-order valence-corrected chi connectivity index (χ2v) is 6.12. The van der Waals surface area contributed by atoms with Crippen LogP contribution in [0.25, 0.3) is 0 Å². The number of aromatic amines is 1. The zero-order valence-corrected chi connectivity index (χ0v) is 15.9. The quantitative estimate of drug-likeness (QED) is 0.506. The molecule has 0 aliphatic rings. The average Bonchev–Trinajstić information content (AvgIpc) is 3.12. The molecule has 1 aromatic carbocycles. The molecule has 0 aliphatic carbocycles. The highest BCUT2D eigenvalue weighted by atomic mass is 19.4. The largest absolute Gasteiger partial charge is 0.573 e. The molecule has 0 radical (unpaired) electrons. The third kappa shape index (κ3) is 6.49. The van der Waals surface area contributed by atoms with Crippen LogP contribution in [0.2, 0.25) is 0 Å². The maximum absolute atomic E-state index is 12.5. The van der Waals surface area contributed by atoms with Gasteiger partial charge in [0.25, 0.3) is 11.8 Å². The number of hydrogen-bond donors (Lipinski definition) is 4. The number of H-pyrrole nitrogens is 1. The van der Waals surface area contributed by atoms with E-state index in [4.69, 9.17) is 0 Å². The Bertz CT molecular complexity index is 838. The van der Waals surface area contributed by atoms with E-state index in [0.29, 0.717) is 19.4 Å². The molecular weight excluding hydrogens is 391 g/mol. The van der Waals surface area contributed by atoms with Crippen LogP contribution in [0.4, 0.5) is 18.9 Å². The monoisotopic (exact) mass is 413 g/mol. The fourth-order valence-corrected chi connectivity index (χ4v) is 2.57. The Labute approximate surface area is 165 Å². The van der Waals surface area contributed by atoms with E-state index in [1.54, 1.807) is 7.05 Å². The summed E-state index contributed by atoms with van der Waals surface area (Å²) in [4.78, 5) is 25.0. The van der Waals surface area contributed by atoms with Crippen molar-refractivity contribution in [3.63, 3.8) is 0 Å². The number of nitrogens with zero attached hydrogens (tertiary/aromatic N) is 1. The fourth-order valence-electron chi connectivity index (χ4n) is 2.57. The van der Waals surface area contributed by atoms with Crippen LogP contribution >= 0.6 is 0 Å². The maximum atomic E-state index is 12.5. The number of hydrogen-bond acceptors (Lipinski definition) is 5. The molecule has 8 nitrogen and oxygen atoms in total. The second-order valence-electron chi connectivity index (χ2n) is 6.12. The lowest BCUT2D eigenvalue weighted by Gasteiger charge is -2.16. The molecule has 1 unspecified atom stereocenters. The maximum Gasteiger partial charge on any atom is 0.573 e. The molecule has 0 aliphatic heterocycles. The van der Waals surface area contributed by atoms with Gasteiger partial charge in [0.1, 0.15) is 5.75 Å². The van der Waals surface area contributed by atoms with E-state index in [-0.39, 0.29) is 23.0 Å². The van der Waals surface area contributed by atoms with Crippen molar-refractivity contribution in [2.75, 3.05) is 18.9 Å². The summed E-state index contributed by atoms with van der Waals surface area (Å²) in [5.41, 5.74) is -0.369. The van der Waals surface area contributed by atoms with Gasteiger partial charge in [-0.15, -0.1) is 13.2 Å². The molecule has 29 heavy (non-hydrogen) atoms. The topological polar surface area (TPSA) is 108 Å². The molecule has 2 amide bonds. The molecule has 0 saturated carbocycles. The van der Waals surface area contributed by atoms with Gasteiger partial charge in [0, 0.05) is 12.2 Å². The fraction of sp³-hybridized carbons (Fsp3) is 0.389. The number of carbonyl (C=O) groups is 2. The highest BCUT2D eigenvalue weighted by Crippen LogP contribution is 2.27. The van der Waals surface area contributed by atoms with Crippen molar-refractivity contribution in [3.8, 4) is 5.75 Å². The first-order valence-corrected chi connectivity index (χ1v) is 8.90. The van der Waals surface area contributed by atoms with Crippen LogP contribution in [0.3, 0.4) is 0 Å². The number of ether oxygens (including phenoxy) is 1. The van der Waals surface area contributed by atoms with Crippen molar-refractivity contribution in [2.45, 2.75) is 32.2 Å². The Kier molecular flexibility index (Phi) is 7.59. The molecule has 0 saturated heterocycles. The first-order chi connectivity index (χ1) is 13.7. The van der Waals surface area contributed by atoms with Crippen LogP contribution in [0.5, 0.6) is 5.75 Å². The highest BCUT2D eigenvalue weighted by molar-refractivity contribution is 6.09. The minimum atomic E-state index is -4.94. The normalized spacial score (nSPS) is 12.3. The Morgan fingerprint density at radius 1 is 1.24 bits per heavy atom. The standard InChI is InChI=1S/C18H22F3N5O3/c1-3-11(8-9-22-2)24-17(28)15-13(10-23-26-15)25-16(27)12-6-4-5-7-14(12)29-18(19,20)21/h4-7,10-11,22H,3,8-9H2,1-2H3,(H,23,26)(H,24,28)(H,25,27). The Morgan fingerprint density at radius 3 is 2.62 bits per heavy atom. The van der Waals surface area contributed by atoms with Crippen molar-refractivity contribution in [1.29, 1.82) is 0 Å². The van der Waals surface area contributed by atoms with Gasteiger partial charge in [0.15, 0.2) is 5.69 Å². The summed E-state index contributed by atoms with van der Waals surface area (Å²) in [5, 5.41) is 14.5. The van der Waals surface area contributed by atoms with Gasteiger partial charge < -0.3 is 20.7 Å². The molecule has 158 valence electrons. The van der Waals surface area contributed by atoms with Crippen LogP contribution in [-0.4, -0.2) is 48.0 Å². The molecule has 0 spiro atoms. The predicted molar refractivity (Wildman–Crippen MR) is 99.8 cm³/mol. The smallest absolute Gasteiger partial charge is 0.405 e. The first kappa shape index (κ1) is 22.2. The lowest BCUT2D eigenvalue weighted by molar-refractivity contribution is -0.274. The third-order valence-electron chi connectivity index (χ3n) is 4.03. The minimum absolute atomic E-state index is 0.0396. The van der Waals surface area contributed by atoms with Crippen molar-refractivity contribution < 1.29 is 27.5 Å². The van der Waals surface area contributed by atoms with Gasteiger partial charge in [-0.05, 0) is 38.6 Å². The average molecular weight is 413 g/mol. The number of amides is 2. The number of para-hydroxylation sites is 1. The van der Waals surface area contributed by atoms with Gasteiger partial charge in [-0.2, -0.15) is 5.10 Å². The summed E-state index contributed by atoms with van der Waals surface area (Å²) in [6, 6.07) is 4.82. The number of halogens is 3. The van der Waals surface area contributed by atoms with E-state index in [9.17, 15) is 22.8 Å². The minimum Gasteiger partial charge on any atom is -0.405 e. The number of anilines is 1. The van der Waals surface area contributed by atoms with Crippen LogP contribution < -0.4 is 20.7 Å². The summed E-state index contributed by atoms with van der Waals surface area (Å²) in [7, 11) is 1.80. The summed E-state index contributed by atoms with van der Waals surface area (Å²) < 4.78 is 41.5. The van der Waals surface area contributed by atoms with Crippen molar-refractivity contribution in [3.05, 3.63) is 41.7 Å². The van der Waals surface area contributed by atoms with Gasteiger partial charge in [-0.25, -0.2) is 0 Å². The Hall–Kier alpha value is -3.08. The number of carbonyl (C=O) groups excluding carboxylic acids is 2. The number of nitrogens with one attached hydrogen (secondary N) is 4. The van der Waals surface area contributed by atoms with Crippen molar-refractivity contribution in [2.24, 2.45) is 0 Å². The molecule has 11 heteroatoms. The Balaban J connectivity index is 2.14. The molecule has 4 N–H and O–H groups in total. The SMILES string of the molecule is CCC(CCNC)NC(=O)c1n[nH]cc1NC(=O)c1ccccc1OC(F)(F)F. The molecule has 1 atom stereocenters. The van der Waals surface area contributed by atoms with Gasteiger partial charge >= 0.3 is 6.36 Å². The zero-order chi connectivity index (χ0) is 21.4. The summed E-state index contributed by atoms with van der Waals surface area (Å²) >= 11 is 0. The summed E-state index contributed by atoms with van der Waals surface area (Å²) in [5.74, 6) is -2.03. The van der Waals surface area contributed by atoms with Gasteiger partial charge in [0.05, 0.1) is 11.3 Å². The molecule has 1 aromatic heterocycles. The molecule has 2 rings (SSSR count). The highest BCUT2D eigenvalue weighted by Gasteiger charge is 2.33. The number of benzene rings is 1. The molecule has 1 heterocycles. The lowest BCUT2D eigenvalue weighted by atomic mass is 10.1. The lowest BCUT2D eigenvalue weighted by Crippen LogP contribution is -2.36. The first-order valence-electron chi connectivity index (χ1n) is 8.90. The molecular formula is C18H22F3N5O3. The van der Waals surface area contributed by atoms with Crippen molar-refractivity contribution in [1.82, 2.24) is 20.8 Å². The third-order valence-corrected chi connectivity index (χ3v) is 4.03. The van der Waals surface area contributed by atoms with Crippen LogP contribution in [0, 0.1) is 0 Å². The van der Waals surface area contributed by atoms with E-state index in [2.05, 4.69) is 30.9 Å². The summed E-state index contributed by atoms with van der Waals surface area (Å²) in [6.07, 6.45) is -2.27. The van der Waals surface area contributed by atoms with E-state index in [1.807, 2.05) is 6.92 Å². The van der Waals surface area contributed by atoms with E-state index in [0.717, 1.165) is 6.07 Å². The van der Waals surface area contributed by atoms with Gasteiger partial charge in [0.2, 0.25) is 0 Å². The van der Waals surface area contributed by atoms with Gasteiger partial charge in [-0.3, -0.25) is 14.7 Å². The zero-order valence-electron chi connectivity index (χ0n) is 15.9. The predicted octanol–water partition coefficient (Wildman–Crippen LogP) is 2.68. The van der Waals surface area contributed by atoms with Crippen LogP contribution in [-0.2, 0) is 0 Å². The molecule has 0 bridgehead atoms. The van der Waals surface area contributed by atoms with E-state index < -0.39 is 23.9 Å². The molecule has 2 aromatic rings. The van der Waals surface area contributed by atoms with Crippen LogP contribution in [0.15, 0.2) is 30.5 Å². The van der Waals surface area contributed by atoms with Crippen LogP contribution in [0.1, 0.15) is 40.6 Å². The number of aromatic nitrogens is 2. The molecule has 0 fully saturated rings. The Morgan fingerprint density at radius 2 is 1.97 bits per heavy atom. The van der Waals surface area contributed by atoms with Gasteiger partial charge in [-0.1, -0.05) is 19.1 Å². The second kappa shape index (κ2) is 9.92. The summed E-state index contributed by atoms with van der Waals surface area (Å²) in [6.45, 7) is 2.63. The number of rotatable bonds is 9. The number of alkyl halides is 3.